The number of fused-ring (bicyclic) bond motifs is 1. The molecule has 2 rings (SSSR count). The highest BCUT2D eigenvalue weighted by molar-refractivity contribution is 8.11. The number of thiocarbonyl (C=S) groups is 1. The largest absolute Gasteiger partial charge is 0.440 e. The van der Waals surface area contributed by atoms with Gasteiger partial charge in [-0.25, -0.2) is 4.98 Å². The minimum absolute atomic E-state index is 0.141. The molecular formula is C12H13ClN2OS2. The Morgan fingerprint density at radius 3 is 2.67 bits per heavy atom. The lowest BCUT2D eigenvalue weighted by Gasteiger charge is -2.11. The number of aromatic nitrogens is 1. The maximum absolute atomic E-state index is 6.13. The maximum atomic E-state index is 6.13. The smallest absolute Gasteiger partial charge is 0.200 e. The van der Waals surface area contributed by atoms with Gasteiger partial charge in [0.05, 0.1) is 10.7 Å². The summed E-state index contributed by atoms with van der Waals surface area (Å²) < 4.78 is 6.09. The third-order valence-corrected chi connectivity index (χ3v) is 2.89. The van der Waals surface area contributed by atoms with E-state index in [-0.39, 0.29) is 5.41 Å². The van der Waals surface area contributed by atoms with Crippen LogP contribution in [0.1, 0.15) is 26.7 Å². The molecular weight excluding hydrogens is 288 g/mol. The third-order valence-electron chi connectivity index (χ3n) is 2.36. The third kappa shape index (κ3) is 2.79. The molecule has 0 aliphatic carbocycles. The van der Waals surface area contributed by atoms with Gasteiger partial charge >= 0.3 is 0 Å². The van der Waals surface area contributed by atoms with Gasteiger partial charge in [0, 0.05) is 11.5 Å². The number of anilines is 1. The van der Waals surface area contributed by atoms with E-state index in [4.69, 9.17) is 28.2 Å². The molecule has 0 atom stereocenters. The highest BCUT2D eigenvalue weighted by atomic mass is 35.5. The normalized spacial score (nSPS) is 11.8. The first-order chi connectivity index (χ1) is 8.27. The number of hydrogen-bond donors (Lipinski definition) is 2. The van der Waals surface area contributed by atoms with Crippen LogP contribution in [-0.4, -0.2) is 9.30 Å². The molecule has 3 nitrogen and oxygen atoms in total. The fourth-order valence-electron chi connectivity index (χ4n) is 1.48. The molecule has 0 unspecified atom stereocenters. The lowest BCUT2D eigenvalue weighted by molar-refractivity contribution is 0.411. The molecule has 6 heteroatoms. The molecule has 0 aliphatic heterocycles. The van der Waals surface area contributed by atoms with Crippen molar-refractivity contribution in [2.24, 2.45) is 0 Å². The second-order valence-electron chi connectivity index (χ2n) is 5.00. The Labute approximate surface area is 121 Å². The summed E-state index contributed by atoms with van der Waals surface area (Å²) in [5, 5.41) is 3.42. The Bertz CT molecular complexity index is 616. The summed E-state index contributed by atoms with van der Waals surface area (Å²) in [5.74, 6) is 0.680. The van der Waals surface area contributed by atoms with E-state index in [1.54, 1.807) is 12.1 Å². The second-order valence-corrected chi connectivity index (χ2v) is 6.56. The van der Waals surface area contributed by atoms with Crippen LogP contribution < -0.4 is 5.32 Å². The standard InChI is InChI=1S/C12H13ClN2OS2/c1-12(2,3)10-14-8-4-6(13)7(15-11(17)18)5-9(8)16-10/h4-5H,1-3H3,(H2,15,17,18). The highest BCUT2D eigenvalue weighted by Gasteiger charge is 2.21. The van der Waals surface area contributed by atoms with Crippen molar-refractivity contribution in [1.82, 2.24) is 4.98 Å². The monoisotopic (exact) mass is 300 g/mol. The van der Waals surface area contributed by atoms with E-state index in [1.165, 1.54) is 0 Å². The van der Waals surface area contributed by atoms with Crippen LogP contribution in [0.4, 0.5) is 5.69 Å². The van der Waals surface area contributed by atoms with Crippen molar-refractivity contribution in [1.29, 1.82) is 0 Å². The summed E-state index contributed by atoms with van der Waals surface area (Å²) >= 11 is 15.0. The van der Waals surface area contributed by atoms with Crippen LogP contribution in [0.5, 0.6) is 0 Å². The van der Waals surface area contributed by atoms with Crippen LogP contribution in [0.3, 0.4) is 0 Å². The van der Waals surface area contributed by atoms with Crippen molar-refractivity contribution in [3.8, 4) is 0 Å². The van der Waals surface area contributed by atoms with Crippen molar-refractivity contribution in [2.45, 2.75) is 26.2 Å². The highest BCUT2D eigenvalue weighted by Crippen LogP contribution is 2.31. The molecule has 0 spiro atoms. The molecule has 18 heavy (non-hydrogen) atoms. The number of oxazole rings is 1. The van der Waals surface area contributed by atoms with Gasteiger partial charge in [0.15, 0.2) is 5.58 Å². The zero-order valence-corrected chi connectivity index (χ0v) is 12.7. The Morgan fingerprint density at radius 2 is 2.11 bits per heavy atom. The predicted octanol–water partition coefficient (Wildman–Crippen LogP) is 4.41. The predicted molar refractivity (Wildman–Crippen MR) is 82.9 cm³/mol. The van der Waals surface area contributed by atoms with Gasteiger partial charge in [0.2, 0.25) is 5.89 Å². The molecule has 0 saturated carbocycles. The van der Waals surface area contributed by atoms with E-state index >= 15 is 0 Å². The van der Waals surface area contributed by atoms with Crippen molar-refractivity contribution in [3.63, 3.8) is 0 Å². The average molecular weight is 301 g/mol. The van der Waals surface area contributed by atoms with E-state index < -0.39 is 0 Å². The molecule has 1 N–H and O–H groups in total. The fourth-order valence-corrected chi connectivity index (χ4v) is 1.92. The SMILES string of the molecule is CC(C)(C)c1nc2cc(Cl)c(NC(=S)S)cc2o1. The lowest BCUT2D eigenvalue weighted by Crippen LogP contribution is -2.10. The lowest BCUT2D eigenvalue weighted by atomic mass is 9.97. The molecule has 2 aromatic rings. The second kappa shape index (κ2) is 4.72. The molecule has 0 aliphatic rings. The van der Waals surface area contributed by atoms with E-state index in [0.717, 1.165) is 5.52 Å². The van der Waals surface area contributed by atoms with Crippen molar-refractivity contribution in [2.75, 3.05) is 5.32 Å². The topological polar surface area (TPSA) is 38.1 Å². The van der Waals surface area contributed by atoms with Gasteiger partial charge in [-0.2, -0.15) is 0 Å². The van der Waals surface area contributed by atoms with Gasteiger partial charge in [-0.3, -0.25) is 0 Å². The van der Waals surface area contributed by atoms with Gasteiger partial charge in [0.25, 0.3) is 0 Å². The first kappa shape index (κ1) is 13.6. The van der Waals surface area contributed by atoms with Crippen molar-refractivity contribution >= 4 is 57.6 Å². The van der Waals surface area contributed by atoms with E-state index in [9.17, 15) is 0 Å². The molecule has 0 saturated heterocycles. The number of rotatable bonds is 1. The average Bonchev–Trinajstić information content (AvgIpc) is 2.59. The Morgan fingerprint density at radius 1 is 1.44 bits per heavy atom. The van der Waals surface area contributed by atoms with E-state index in [0.29, 0.717) is 26.5 Å². The zero-order valence-electron chi connectivity index (χ0n) is 10.2. The van der Waals surface area contributed by atoms with Crippen LogP contribution >= 0.6 is 36.4 Å². The number of nitrogens with zero attached hydrogens (tertiary/aromatic N) is 1. The minimum Gasteiger partial charge on any atom is -0.440 e. The van der Waals surface area contributed by atoms with Crippen LogP contribution in [0, 0.1) is 0 Å². The quantitative estimate of drug-likeness (QED) is 0.604. The first-order valence-corrected chi connectivity index (χ1v) is 6.61. The van der Waals surface area contributed by atoms with Gasteiger partial charge in [-0.1, -0.05) is 44.6 Å². The molecule has 1 aromatic heterocycles. The Balaban J connectivity index is 2.54. The summed E-state index contributed by atoms with van der Waals surface area (Å²) in [6.07, 6.45) is 0. The van der Waals surface area contributed by atoms with Crippen molar-refractivity contribution < 1.29 is 4.42 Å². The van der Waals surface area contributed by atoms with Gasteiger partial charge in [-0.15, -0.1) is 12.6 Å². The Hall–Kier alpha value is -0.780. The van der Waals surface area contributed by atoms with E-state index in [1.807, 2.05) is 20.8 Å². The first-order valence-electron chi connectivity index (χ1n) is 5.38. The van der Waals surface area contributed by atoms with E-state index in [2.05, 4.69) is 22.9 Å². The summed E-state index contributed by atoms with van der Waals surface area (Å²) in [6.45, 7) is 6.13. The summed E-state index contributed by atoms with van der Waals surface area (Å²) in [6, 6.07) is 3.53. The number of halogens is 1. The number of hydrogen-bond acceptors (Lipinski definition) is 3. The molecule has 0 radical (unpaired) electrons. The van der Waals surface area contributed by atoms with Crippen LogP contribution in [0.2, 0.25) is 5.02 Å². The molecule has 96 valence electrons. The van der Waals surface area contributed by atoms with Crippen LogP contribution in [0.25, 0.3) is 11.1 Å². The maximum Gasteiger partial charge on any atom is 0.200 e. The number of thiol groups is 1. The zero-order chi connectivity index (χ0) is 13.5. The number of benzene rings is 1. The van der Waals surface area contributed by atoms with Crippen LogP contribution in [0.15, 0.2) is 16.5 Å². The van der Waals surface area contributed by atoms with Gasteiger partial charge in [0.1, 0.15) is 9.84 Å². The van der Waals surface area contributed by atoms with Gasteiger partial charge < -0.3 is 9.73 Å². The minimum atomic E-state index is -0.141. The van der Waals surface area contributed by atoms with Crippen LogP contribution in [-0.2, 0) is 5.41 Å². The Kier molecular flexibility index (Phi) is 3.58. The summed E-state index contributed by atoms with van der Waals surface area (Å²) in [4.78, 5) is 4.43. The molecule has 1 heterocycles. The molecule has 0 bridgehead atoms. The molecule has 0 fully saturated rings. The molecule has 1 aromatic carbocycles. The summed E-state index contributed by atoms with van der Waals surface area (Å²) in [7, 11) is 0. The van der Waals surface area contributed by atoms with Gasteiger partial charge in [-0.05, 0) is 6.07 Å². The molecule has 0 amide bonds. The fraction of sp³-hybridized carbons (Fsp3) is 0.333. The summed E-state index contributed by atoms with van der Waals surface area (Å²) in [5.41, 5.74) is 1.94. The number of nitrogens with one attached hydrogen (secondary N) is 1. The van der Waals surface area contributed by atoms with Crippen molar-refractivity contribution in [3.05, 3.63) is 23.0 Å².